The molecular formula is C20H19Cl3SiTi-2. The summed E-state index contributed by atoms with van der Waals surface area (Å²) < 4.78 is 0. The Hall–Kier alpha value is -0.539. The normalized spacial score (nSPS) is 8.96. The molecule has 0 aliphatic rings. The fourth-order valence-corrected chi connectivity index (χ4v) is 2.22. The summed E-state index contributed by atoms with van der Waals surface area (Å²) in [7, 11) is 0. The van der Waals surface area contributed by atoms with Crippen LogP contribution in [0.3, 0.4) is 0 Å². The van der Waals surface area contributed by atoms with Gasteiger partial charge in [-0.1, -0.05) is 36.4 Å². The molecule has 130 valence electrons. The van der Waals surface area contributed by atoms with E-state index in [-0.39, 0.29) is 24.8 Å². The monoisotopic (exact) mass is 440 g/mol. The molecule has 0 saturated carbocycles. The van der Waals surface area contributed by atoms with Crippen LogP contribution in [0, 0.1) is 0 Å². The summed E-state index contributed by atoms with van der Waals surface area (Å²) in [4.78, 5) is 0. The van der Waals surface area contributed by atoms with E-state index in [9.17, 15) is 0 Å². The average molecular weight is 442 g/mol. The van der Waals surface area contributed by atoms with Gasteiger partial charge < -0.3 is 24.8 Å². The van der Waals surface area contributed by atoms with Gasteiger partial charge in [-0.25, -0.2) is 12.1 Å². The smallest absolute Gasteiger partial charge is 0.0771 e. The summed E-state index contributed by atoms with van der Waals surface area (Å²) in [5.74, 6) is 0. The Morgan fingerprint density at radius 2 is 1.24 bits per heavy atom. The molecule has 0 bridgehead atoms. The predicted molar refractivity (Wildman–Crippen MR) is 101 cm³/mol. The SMILES string of the molecule is CC[Si](Cl)=[Ti+2].[Cl-].[Cl-].c1cc[cH-]c1.c1ccc2c(c1)[cH-]c1ccccc12. The molecule has 0 amide bonds. The maximum atomic E-state index is 5.56. The van der Waals surface area contributed by atoms with Crippen LogP contribution < -0.4 is 24.8 Å². The molecule has 25 heavy (non-hydrogen) atoms. The minimum Gasteiger partial charge on any atom is -1.00 e. The van der Waals surface area contributed by atoms with Crippen molar-refractivity contribution >= 4 is 38.1 Å². The summed E-state index contributed by atoms with van der Waals surface area (Å²) >= 11 is 7.65. The Labute approximate surface area is 179 Å². The maximum absolute atomic E-state index is 5.56. The molecule has 4 rings (SSSR count). The van der Waals surface area contributed by atoms with Gasteiger partial charge in [0.05, 0.1) is 0 Å². The Morgan fingerprint density at radius 3 is 1.56 bits per heavy atom. The van der Waals surface area contributed by atoms with Crippen molar-refractivity contribution in [2.24, 2.45) is 0 Å². The Morgan fingerprint density at radius 1 is 0.840 bits per heavy atom. The summed E-state index contributed by atoms with van der Waals surface area (Å²) in [6.07, 6.45) is 0. The van der Waals surface area contributed by atoms with Gasteiger partial charge in [0.25, 0.3) is 0 Å². The molecule has 0 aliphatic carbocycles. The fourth-order valence-electron chi connectivity index (χ4n) is 2.22. The van der Waals surface area contributed by atoms with Gasteiger partial charge in [-0.2, -0.15) is 18.2 Å². The molecule has 0 nitrogen and oxygen atoms in total. The second-order valence-corrected chi connectivity index (χ2v) is 12.2. The van der Waals surface area contributed by atoms with Gasteiger partial charge in [-0.15, -0.1) is 39.7 Å². The van der Waals surface area contributed by atoms with E-state index in [4.69, 9.17) is 11.1 Å². The zero-order valence-corrected chi connectivity index (χ0v) is 18.8. The van der Waals surface area contributed by atoms with Crippen molar-refractivity contribution < 1.29 is 44.0 Å². The number of hydrogen-bond acceptors (Lipinski definition) is 0. The minimum atomic E-state index is -0.402. The average Bonchev–Trinajstić information content (AvgIpc) is 3.26. The molecule has 0 heterocycles. The fraction of sp³-hybridized carbons (Fsp3) is 0.100. The van der Waals surface area contributed by atoms with Crippen LogP contribution in [0.25, 0.3) is 21.5 Å². The van der Waals surface area contributed by atoms with Crippen LogP contribution in [0.5, 0.6) is 0 Å². The van der Waals surface area contributed by atoms with Crippen LogP contribution in [0.2, 0.25) is 6.04 Å². The van der Waals surface area contributed by atoms with Crippen LogP contribution in [0.15, 0.2) is 84.9 Å². The molecule has 0 aliphatic heterocycles. The van der Waals surface area contributed by atoms with Gasteiger partial charge in [0.15, 0.2) is 0 Å². The first-order chi connectivity index (χ1) is 11.2. The van der Waals surface area contributed by atoms with Gasteiger partial charge in [0, 0.05) is 0 Å². The van der Waals surface area contributed by atoms with Crippen molar-refractivity contribution in [1.82, 2.24) is 0 Å². The molecule has 0 saturated heterocycles. The number of benzene rings is 2. The second kappa shape index (κ2) is 13.6. The maximum Gasteiger partial charge on any atom is -0.0771 e. The van der Waals surface area contributed by atoms with Crippen LogP contribution in [-0.2, 0) is 19.2 Å². The van der Waals surface area contributed by atoms with E-state index in [0.29, 0.717) is 0 Å². The number of halogens is 3. The summed E-state index contributed by atoms with van der Waals surface area (Å²) in [5.41, 5.74) is -0.402. The zero-order chi connectivity index (χ0) is 16.5. The Balaban J connectivity index is 0.000000408. The summed E-state index contributed by atoms with van der Waals surface area (Å²) in [6, 6.07) is 30.4. The first kappa shape index (κ1) is 24.5. The van der Waals surface area contributed by atoms with Crippen molar-refractivity contribution in [2.45, 2.75) is 13.0 Å². The molecule has 0 unspecified atom stereocenters. The molecule has 4 aromatic carbocycles. The first-order valence-corrected chi connectivity index (χ1v) is 12.7. The Bertz CT molecular complexity index is 786. The molecule has 0 aromatic heterocycles. The van der Waals surface area contributed by atoms with Crippen molar-refractivity contribution in [3.05, 3.63) is 84.9 Å². The summed E-state index contributed by atoms with van der Waals surface area (Å²) in [6.45, 7) is 2.11. The molecule has 0 atom stereocenters. The van der Waals surface area contributed by atoms with Crippen LogP contribution in [-0.4, -0.2) is 5.50 Å². The van der Waals surface area contributed by atoms with E-state index in [1.807, 2.05) is 30.3 Å². The molecule has 4 aromatic rings. The molecule has 5 heteroatoms. The van der Waals surface area contributed by atoms with Crippen LogP contribution in [0.1, 0.15) is 6.92 Å². The minimum absolute atomic E-state index is 0. The number of rotatable bonds is 1. The zero-order valence-electron chi connectivity index (χ0n) is 13.9. The standard InChI is InChI=1S/C13H9.C5H5.C2H5ClSi.2ClH.Ti/c1-3-7-12-10(5-1)9-11-6-2-4-8-13(11)12;1-2-4-5-3-1;1-2-4-3;;;/h1-9H;1-5H;2H2,1H3;2*1H;/q2*-1;;;;+2/p-2. The Kier molecular flexibility index (Phi) is 13.3. The largest absolute Gasteiger partial charge is 1.00 e. The van der Waals surface area contributed by atoms with E-state index in [1.165, 1.54) is 27.6 Å². The van der Waals surface area contributed by atoms with Crippen molar-refractivity contribution in [3.8, 4) is 0 Å². The van der Waals surface area contributed by atoms with Gasteiger partial charge in [0.1, 0.15) is 0 Å². The van der Waals surface area contributed by atoms with E-state index in [2.05, 4.69) is 80.7 Å². The van der Waals surface area contributed by atoms with Gasteiger partial charge in [0.2, 0.25) is 0 Å². The van der Waals surface area contributed by atoms with Crippen molar-refractivity contribution in [3.63, 3.8) is 0 Å². The van der Waals surface area contributed by atoms with E-state index in [0.717, 1.165) is 0 Å². The van der Waals surface area contributed by atoms with Crippen LogP contribution in [0.4, 0.5) is 0 Å². The topological polar surface area (TPSA) is 0 Å². The molecule has 0 fully saturated rings. The van der Waals surface area contributed by atoms with Gasteiger partial charge in [-0.05, 0) is 0 Å². The summed E-state index contributed by atoms with van der Waals surface area (Å²) in [5, 5.41) is 5.39. The van der Waals surface area contributed by atoms with Crippen molar-refractivity contribution in [2.75, 3.05) is 0 Å². The predicted octanol–water partition coefficient (Wildman–Crippen LogP) is 0.406. The molecule has 0 radical (unpaired) electrons. The van der Waals surface area contributed by atoms with Crippen molar-refractivity contribution in [1.29, 1.82) is 0 Å². The number of hydrogen-bond donors (Lipinski definition) is 0. The van der Waals surface area contributed by atoms with Crippen LogP contribution >= 0.6 is 11.1 Å². The first-order valence-electron chi connectivity index (χ1n) is 7.65. The third kappa shape index (κ3) is 8.13. The molecular weight excluding hydrogens is 423 g/mol. The molecule has 0 spiro atoms. The third-order valence-electron chi connectivity index (χ3n) is 3.39. The quantitative estimate of drug-likeness (QED) is 0.228. The van der Waals surface area contributed by atoms with Gasteiger partial charge in [-0.3, -0.25) is 0 Å². The van der Waals surface area contributed by atoms with E-state index in [1.54, 1.807) is 0 Å². The second-order valence-electron chi connectivity index (χ2n) is 5.04. The van der Waals surface area contributed by atoms with E-state index >= 15 is 0 Å². The third-order valence-corrected chi connectivity index (χ3v) is 6.47. The molecule has 0 N–H and O–H groups in total. The van der Waals surface area contributed by atoms with Gasteiger partial charge >= 0.3 is 48.7 Å². The number of fused-ring (bicyclic) bond motifs is 3. The van der Waals surface area contributed by atoms with E-state index < -0.39 is 5.50 Å².